The second kappa shape index (κ2) is 4.13. The summed E-state index contributed by atoms with van der Waals surface area (Å²) in [5.41, 5.74) is 0.902. The van der Waals surface area contributed by atoms with Gasteiger partial charge >= 0.3 is 0 Å². The second-order valence-corrected chi connectivity index (χ2v) is 5.10. The van der Waals surface area contributed by atoms with Gasteiger partial charge in [0.1, 0.15) is 11.5 Å². The van der Waals surface area contributed by atoms with Gasteiger partial charge in [0.15, 0.2) is 0 Å². The van der Waals surface area contributed by atoms with Gasteiger partial charge < -0.3 is 9.84 Å². The fourth-order valence-electron chi connectivity index (χ4n) is 1.49. The molecule has 1 rings (SSSR count). The summed E-state index contributed by atoms with van der Waals surface area (Å²) in [6, 6.07) is 5.51. The Balaban J connectivity index is 2.99. The molecule has 2 heteroatoms. The van der Waals surface area contributed by atoms with E-state index < -0.39 is 0 Å². The van der Waals surface area contributed by atoms with E-state index in [9.17, 15) is 5.11 Å². The van der Waals surface area contributed by atoms with Gasteiger partial charge in [0.2, 0.25) is 0 Å². The van der Waals surface area contributed by atoms with Gasteiger partial charge in [-0.2, -0.15) is 0 Å². The quantitative estimate of drug-likeness (QED) is 0.806. The lowest BCUT2D eigenvalue weighted by Gasteiger charge is -2.21. The van der Waals surface area contributed by atoms with Crippen LogP contribution in [0.3, 0.4) is 0 Å². The lowest BCUT2D eigenvalue weighted by molar-refractivity contribution is 0.241. The molecular formula is C13H20O2. The van der Waals surface area contributed by atoms with Gasteiger partial charge in [-0.1, -0.05) is 26.8 Å². The van der Waals surface area contributed by atoms with Crippen LogP contribution in [-0.2, 0) is 5.41 Å². The van der Waals surface area contributed by atoms with E-state index in [1.54, 1.807) is 6.07 Å². The Morgan fingerprint density at radius 2 is 1.80 bits per heavy atom. The van der Waals surface area contributed by atoms with Crippen molar-refractivity contribution in [1.82, 2.24) is 0 Å². The Bertz CT molecular complexity index is 335. The number of phenolic OH excluding ortho intramolecular Hbond substituents is 1. The van der Waals surface area contributed by atoms with E-state index in [-0.39, 0.29) is 11.5 Å². The van der Waals surface area contributed by atoms with Crippen molar-refractivity contribution in [2.45, 2.75) is 46.1 Å². The van der Waals surface area contributed by atoms with E-state index >= 15 is 0 Å². The molecule has 0 aliphatic rings. The largest absolute Gasteiger partial charge is 0.508 e. The van der Waals surface area contributed by atoms with Crippen molar-refractivity contribution in [3.63, 3.8) is 0 Å². The van der Waals surface area contributed by atoms with Crippen LogP contribution in [0.4, 0.5) is 0 Å². The Morgan fingerprint density at radius 1 is 1.20 bits per heavy atom. The van der Waals surface area contributed by atoms with Gasteiger partial charge in [-0.25, -0.2) is 0 Å². The van der Waals surface area contributed by atoms with Crippen molar-refractivity contribution in [3.05, 3.63) is 23.8 Å². The highest BCUT2D eigenvalue weighted by Gasteiger charge is 2.18. The van der Waals surface area contributed by atoms with Crippen LogP contribution in [0.25, 0.3) is 0 Å². The van der Waals surface area contributed by atoms with E-state index in [0.717, 1.165) is 11.3 Å². The Hall–Kier alpha value is -1.18. The lowest BCUT2D eigenvalue weighted by atomic mass is 9.86. The Kier molecular flexibility index (Phi) is 3.28. The Morgan fingerprint density at radius 3 is 2.20 bits per heavy atom. The van der Waals surface area contributed by atoms with Crippen LogP contribution < -0.4 is 4.74 Å². The summed E-state index contributed by atoms with van der Waals surface area (Å²) in [5, 5.41) is 9.86. The molecule has 0 aromatic heterocycles. The van der Waals surface area contributed by atoms with Crippen LogP contribution in [0.1, 0.15) is 40.2 Å². The molecule has 0 aliphatic heterocycles. The molecule has 84 valence electrons. The van der Waals surface area contributed by atoms with Crippen molar-refractivity contribution in [1.29, 1.82) is 0 Å². The van der Waals surface area contributed by atoms with Crippen molar-refractivity contribution in [3.8, 4) is 11.5 Å². The van der Waals surface area contributed by atoms with Gasteiger partial charge in [0.25, 0.3) is 0 Å². The summed E-state index contributed by atoms with van der Waals surface area (Å²) in [6.45, 7) is 10.2. The third-order valence-electron chi connectivity index (χ3n) is 2.15. The molecule has 0 atom stereocenters. The molecule has 0 fully saturated rings. The van der Waals surface area contributed by atoms with Crippen LogP contribution in [-0.4, -0.2) is 11.2 Å². The average Bonchev–Trinajstić information content (AvgIpc) is 1.99. The molecule has 1 N–H and O–H groups in total. The van der Waals surface area contributed by atoms with E-state index in [1.807, 2.05) is 26.0 Å². The third kappa shape index (κ3) is 3.15. The molecule has 0 aliphatic carbocycles. The zero-order valence-corrected chi connectivity index (χ0v) is 10.2. The fraction of sp³-hybridized carbons (Fsp3) is 0.538. The summed E-state index contributed by atoms with van der Waals surface area (Å²) in [6.07, 6.45) is 0.130. The first-order chi connectivity index (χ1) is 6.80. The molecule has 1 aromatic carbocycles. The monoisotopic (exact) mass is 208 g/mol. The number of rotatable bonds is 2. The first kappa shape index (κ1) is 11.9. The van der Waals surface area contributed by atoms with Crippen LogP contribution in [0.15, 0.2) is 18.2 Å². The van der Waals surface area contributed by atoms with Gasteiger partial charge in [-0.15, -0.1) is 0 Å². The van der Waals surface area contributed by atoms with E-state index in [1.165, 1.54) is 0 Å². The number of aromatic hydroxyl groups is 1. The molecule has 0 spiro atoms. The smallest absolute Gasteiger partial charge is 0.123 e. The van der Waals surface area contributed by atoms with Crippen molar-refractivity contribution >= 4 is 0 Å². The normalized spacial score (nSPS) is 11.9. The van der Waals surface area contributed by atoms with E-state index in [4.69, 9.17) is 4.74 Å². The zero-order valence-electron chi connectivity index (χ0n) is 10.2. The highest BCUT2D eigenvalue weighted by Crippen LogP contribution is 2.33. The first-order valence-electron chi connectivity index (χ1n) is 5.31. The Labute approximate surface area is 91.9 Å². The van der Waals surface area contributed by atoms with Crippen LogP contribution >= 0.6 is 0 Å². The number of phenols is 1. The fourth-order valence-corrected chi connectivity index (χ4v) is 1.49. The minimum absolute atomic E-state index is 0.0412. The molecule has 1 aromatic rings. The van der Waals surface area contributed by atoms with Crippen molar-refractivity contribution in [2.75, 3.05) is 0 Å². The van der Waals surface area contributed by atoms with Crippen LogP contribution in [0, 0.1) is 0 Å². The molecule has 0 heterocycles. The van der Waals surface area contributed by atoms with Crippen LogP contribution in [0.2, 0.25) is 0 Å². The maximum atomic E-state index is 9.86. The first-order valence-corrected chi connectivity index (χ1v) is 5.31. The number of hydrogen-bond donors (Lipinski definition) is 1. The SMILES string of the molecule is CC(C)Oc1ccc(C(C)(C)C)c(O)c1. The molecule has 15 heavy (non-hydrogen) atoms. The molecule has 0 unspecified atom stereocenters. The summed E-state index contributed by atoms with van der Waals surface area (Å²) >= 11 is 0. The molecular weight excluding hydrogens is 188 g/mol. The summed E-state index contributed by atoms with van der Waals surface area (Å²) in [5.74, 6) is 1.02. The molecule has 0 saturated heterocycles. The highest BCUT2D eigenvalue weighted by molar-refractivity contribution is 5.43. The summed E-state index contributed by atoms with van der Waals surface area (Å²) < 4.78 is 5.50. The average molecular weight is 208 g/mol. The molecule has 2 nitrogen and oxygen atoms in total. The van der Waals surface area contributed by atoms with Crippen LogP contribution in [0.5, 0.6) is 11.5 Å². The summed E-state index contributed by atoms with van der Waals surface area (Å²) in [7, 11) is 0. The predicted octanol–water partition coefficient (Wildman–Crippen LogP) is 3.48. The number of ether oxygens (including phenoxy) is 1. The van der Waals surface area contributed by atoms with Gasteiger partial charge in [-0.3, -0.25) is 0 Å². The molecule has 0 bridgehead atoms. The van der Waals surface area contributed by atoms with Crippen molar-refractivity contribution in [2.24, 2.45) is 0 Å². The molecule has 0 radical (unpaired) electrons. The van der Waals surface area contributed by atoms with Gasteiger partial charge in [0, 0.05) is 6.07 Å². The standard InChI is InChI=1S/C13H20O2/c1-9(2)15-10-6-7-11(12(14)8-10)13(3,4)5/h6-9,14H,1-5H3. The maximum Gasteiger partial charge on any atom is 0.123 e. The van der Waals surface area contributed by atoms with E-state index in [0.29, 0.717) is 5.75 Å². The molecule has 0 saturated carbocycles. The zero-order chi connectivity index (χ0) is 11.6. The number of benzene rings is 1. The van der Waals surface area contributed by atoms with Gasteiger partial charge in [0.05, 0.1) is 6.10 Å². The predicted molar refractivity (Wildman–Crippen MR) is 62.6 cm³/mol. The highest BCUT2D eigenvalue weighted by atomic mass is 16.5. The van der Waals surface area contributed by atoms with Crippen molar-refractivity contribution < 1.29 is 9.84 Å². The number of hydrogen-bond acceptors (Lipinski definition) is 2. The second-order valence-electron chi connectivity index (χ2n) is 5.10. The van der Waals surface area contributed by atoms with Gasteiger partial charge in [-0.05, 0) is 30.9 Å². The maximum absolute atomic E-state index is 9.86. The summed E-state index contributed by atoms with van der Waals surface area (Å²) in [4.78, 5) is 0. The lowest BCUT2D eigenvalue weighted by Crippen LogP contribution is -2.11. The minimum Gasteiger partial charge on any atom is -0.508 e. The third-order valence-corrected chi connectivity index (χ3v) is 2.15. The molecule has 0 amide bonds. The minimum atomic E-state index is -0.0412. The topological polar surface area (TPSA) is 29.5 Å². The van der Waals surface area contributed by atoms with E-state index in [2.05, 4.69) is 20.8 Å².